The summed E-state index contributed by atoms with van der Waals surface area (Å²) in [5.74, 6) is 0.554. The van der Waals surface area contributed by atoms with E-state index in [1.807, 2.05) is 47.9 Å². The Kier molecular flexibility index (Phi) is 5.97. The van der Waals surface area contributed by atoms with Crippen LogP contribution in [0.4, 0.5) is 0 Å². The van der Waals surface area contributed by atoms with E-state index in [1.165, 1.54) is 0 Å². The molecule has 1 aromatic rings. The van der Waals surface area contributed by atoms with Gasteiger partial charge in [-0.25, -0.2) is 0 Å². The van der Waals surface area contributed by atoms with E-state index in [2.05, 4.69) is 0 Å². The lowest BCUT2D eigenvalue weighted by molar-refractivity contribution is -0.138. The van der Waals surface area contributed by atoms with E-state index < -0.39 is 0 Å². The third-order valence-corrected chi connectivity index (χ3v) is 5.87. The summed E-state index contributed by atoms with van der Waals surface area (Å²) >= 11 is 0. The number of hydrogen-bond acceptors (Lipinski definition) is 3. The molecule has 2 aliphatic rings. The monoisotopic (exact) mass is 357 g/mol. The molecule has 142 valence electrons. The largest absolute Gasteiger partial charge is 0.342 e. The molecule has 0 radical (unpaired) electrons. The molecule has 3 rings (SSSR count). The van der Waals surface area contributed by atoms with E-state index in [1.54, 1.807) is 0 Å². The van der Waals surface area contributed by atoms with Crippen molar-refractivity contribution in [2.75, 3.05) is 26.2 Å². The molecule has 2 amide bonds. The Morgan fingerprint density at radius 3 is 2.38 bits per heavy atom. The van der Waals surface area contributed by atoms with Crippen molar-refractivity contribution in [3.63, 3.8) is 0 Å². The number of benzene rings is 1. The predicted octanol–water partition coefficient (Wildman–Crippen LogP) is 2.43. The number of likely N-dealkylation sites (tertiary alicyclic amines) is 2. The highest BCUT2D eigenvalue weighted by Gasteiger charge is 2.34. The molecule has 3 atom stereocenters. The van der Waals surface area contributed by atoms with E-state index in [9.17, 15) is 9.59 Å². The topological polar surface area (TPSA) is 66.6 Å². The summed E-state index contributed by atoms with van der Waals surface area (Å²) in [7, 11) is 0. The summed E-state index contributed by atoms with van der Waals surface area (Å²) in [4.78, 5) is 29.6. The van der Waals surface area contributed by atoms with Crippen LogP contribution in [0.25, 0.3) is 0 Å². The van der Waals surface area contributed by atoms with Crippen LogP contribution in [0.5, 0.6) is 0 Å². The van der Waals surface area contributed by atoms with Gasteiger partial charge >= 0.3 is 0 Å². The van der Waals surface area contributed by atoms with Gasteiger partial charge in [0.15, 0.2) is 0 Å². The minimum absolute atomic E-state index is 0.0367. The van der Waals surface area contributed by atoms with Crippen molar-refractivity contribution in [3.05, 3.63) is 35.4 Å². The Bertz CT molecular complexity index is 641. The molecule has 2 aliphatic heterocycles. The Morgan fingerprint density at radius 2 is 1.69 bits per heavy atom. The molecule has 0 spiro atoms. The van der Waals surface area contributed by atoms with Crippen LogP contribution in [0.2, 0.25) is 0 Å². The Balaban J connectivity index is 1.63. The molecule has 2 saturated heterocycles. The highest BCUT2D eigenvalue weighted by atomic mass is 16.2. The summed E-state index contributed by atoms with van der Waals surface area (Å²) in [6.45, 7) is 6.90. The number of carbonyl (C=O) groups is 2. The number of hydrogen-bond donors (Lipinski definition) is 1. The van der Waals surface area contributed by atoms with Gasteiger partial charge in [0.25, 0.3) is 5.91 Å². The maximum atomic E-state index is 13.0. The Hall–Kier alpha value is -1.88. The number of piperidine rings is 2. The Labute approximate surface area is 156 Å². The van der Waals surface area contributed by atoms with Crippen LogP contribution < -0.4 is 5.73 Å². The van der Waals surface area contributed by atoms with E-state index in [0.29, 0.717) is 18.0 Å². The van der Waals surface area contributed by atoms with Crippen molar-refractivity contribution in [1.82, 2.24) is 9.80 Å². The average Bonchev–Trinajstić information content (AvgIpc) is 2.67. The molecule has 3 unspecified atom stereocenters. The zero-order valence-corrected chi connectivity index (χ0v) is 16.0. The number of nitrogens with two attached hydrogens (primary N) is 1. The van der Waals surface area contributed by atoms with Gasteiger partial charge in [-0.05, 0) is 57.6 Å². The molecule has 2 N–H and O–H groups in total. The van der Waals surface area contributed by atoms with Gasteiger partial charge in [0.1, 0.15) is 0 Å². The molecule has 0 bridgehead atoms. The number of rotatable bonds is 3. The van der Waals surface area contributed by atoms with Gasteiger partial charge in [0, 0.05) is 37.8 Å². The summed E-state index contributed by atoms with van der Waals surface area (Å²) < 4.78 is 0. The quantitative estimate of drug-likeness (QED) is 0.903. The van der Waals surface area contributed by atoms with Crippen LogP contribution in [0.3, 0.4) is 0 Å². The maximum absolute atomic E-state index is 13.0. The van der Waals surface area contributed by atoms with Crippen LogP contribution in [-0.2, 0) is 4.79 Å². The fourth-order valence-corrected chi connectivity index (χ4v) is 4.14. The van der Waals surface area contributed by atoms with Crippen LogP contribution in [0, 0.1) is 18.8 Å². The van der Waals surface area contributed by atoms with E-state index in [4.69, 9.17) is 5.73 Å². The Morgan fingerprint density at radius 1 is 1.04 bits per heavy atom. The summed E-state index contributed by atoms with van der Waals surface area (Å²) in [6.07, 6.45) is 3.88. The van der Waals surface area contributed by atoms with Gasteiger partial charge in [-0.15, -0.1) is 0 Å². The van der Waals surface area contributed by atoms with Gasteiger partial charge in [-0.3, -0.25) is 9.59 Å². The van der Waals surface area contributed by atoms with E-state index in [-0.39, 0.29) is 23.8 Å². The summed E-state index contributed by atoms with van der Waals surface area (Å²) in [5.41, 5.74) is 7.90. The molecule has 0 aromatic heterocycles. The number of amides is 2. The van der Waals surface area contributed by atoms with E-state index in [0.717, 1.165) is 50.9 Å². The lowest BCUT2D eigenvalue weighted by Crippen LogP contribution is -2.50. The molecule has 5 nitrogen and oxygen atoms in total. The number of aryl methyl sites for hydroxylation is 1. The zero-order chi connectivity index (χ0) is 18.7. The van der Waals surface area contributed by atoms with Crippen molar-refractivity contribution in [3.8, 4) is 0 Å². The first kappa shape index (κ1) is 18.9. The first-order valence-electron chi connectivity index (χ1n) is 9.86. The van der Waals surface area contributed by atoms with Crippen molar-refractivity contribution < 1.29 is 9.59 Å². The lowest BCUT2D eigenvalue weighted by Gasteiger charge is -2.39. The van der Waals surface area contributed by atoms with Crippen LogP contribution >= 0.6 is 0 Å². The summed E-state index contributed by atoms with van der Waals surface area (Å²) in [5, 5.41) is 0. The minimum atomic E-state index is -0.0787. The van der Waals surface area contributed by atoms with Gasteiger partial charge in [0.2, 0.25) is 5.91 Å². The van der Waals surface area contributed by atoms with Crippen molar-refractivity contribution in [2.45, 2.75) is 45.6 Å². The van der Waals surface area contributed by atoms with Crippen LogP contribution in [0.15, 0.2) is 24.3 Å². The maximum Gasteiger partial charge on any atom is 0.253 e. The third-order valence-electron chi connectivity index (χ3n) is 5.87. The SMILES string of the molecule is Cc1ccc(C(=O)N2CCCC(C(=O)N3CCCC(C(C)N)C3)C2)cc1. The number of nitrogens with zero attached hydrogens (tertiary/aromatic N) is 2. The first-order valence-corrected chi connectivity index (χ1v) is 9.86. The second-order valence-corrected chi connectivity index (χ2v) is 8.00. The molecule has 2 heterocycles. The molecule has 26 heavy (non-hydrogen) atoms. The summed E-state index contributed by atoms with van der Waals surface area (Å²) in [6, 6.07) is 7.79. The molecule has 1 aromatic carbocycles. The fourth-order valence-electron chi connectivity index (χ4n) is 4.14. The average molecular weight is 357 g/mol. The molecule has 2 fully saturated rings. The standard InChI is InChI=1S/C21H31N3O2/c1-15-7-9-17(10-8-15)20(25)24-12-4-6-19(14-24)21(26)23-11-3-5-18(13-23)16(2)22/h7-10,16,18-19H,3-6,11-14,22H2,1-2H3. The minimum Gasteiger partial charge on any atom is -0.342 e. The van der Waals surface area contributed by atoms with Crippen LogP contribution in [-0.4, -0.2) is 53.8 Å². The van der Waals surface area contributed by atoms with Crippen molar-refractivity contribution in [1.29, 1.82) is 0 Å². The highest BCUT2D eigenvalue weighted by molar-refractivity contribution is 5.94. The second-order valence-electron chi connectivity index (χ2n) is 8.00. The van der Waals surface area contributed by atoms with Gasteiger partial charge in [-0.2, -0.15) is 0 Å². The fraction of sp³-hybridized carbons (Fsp3) is 0.619. The molecule has 0 aliphatic carbocycles. The highest BCUT2D eigenvalue weighted by Crippen LogP contribution is 2.25. The zero-order valence-electron chi connectivity index (χ0n) is 16.0. The molecular weight excluding hydrogens is 326 g/mol. The predicted molar refractivity (Wildman–Crippen MR) is 103 cm³/mol. The second kappa shape index (κ2) is 8.21. The van der Waals surface area contributed by atoms with Gasteiger partial charge in [-0.1, -0.05) is 17.7 Å². The normalized spacial score (nSPS) is 25.0. The van der Waals surface area contributed by atoms with Crippen molar-refractivity contribution in [2.24, 2.45) is 17.6 Å². The molecule has 5 heteroatoms. The van der Waals surface area contributed by atoms with Gasteiger partial charge < -0.3 is 15.5 Å². The third kappa shape index (κ3) is 4.26. The van der Waals surface area contributed by atoms with E-state index >= 15 is 0 Å². The molecular formula is C21H31N3O2. The van der Waals surface area contributed by atoms with Crippen LogP contribution in [0.1, 0.15) is 48.5 Å². The lowest BCUT2D eigenvalue weighted by atomic mass is 9.90. The molecule has 0 saturated carbocycles. The smallest absolute Gasteiger partial charge is 0.253 e. The van der Waals surface area contributed by atoms with Crippen molar-refractivity contribution >= 4 is 11.8 Å². The van der Waals surface area contributed by atoms with Gasteiger partial charge in [0.05, 0.1) is 5.92 Å². The first-order chi connectivity index (χ1) is 12.5. The number of carbonyl (C=O) groups excluding carboxylic acids is 2.